The van der Waals surface area contributed by atoms with Crippen molar-refractivity contribution >= 4 is 28.7 Å². The first-order chi connectivity index (χ1) is 14.2. The number of nitrogens with two attached hydrogens (primary N) is 1. The van der Waals surface area contributed by atoms with E-state index >= 15 is 0 Å². The van der Waals surface area contributed by atoms with Crippen molar-refractivity contribution in [2.45, 2.75) is 13.8 Å². The molecule has 0 saturated carbocycles. The maximum absolute atomic E-state index is 6.59. The highest BCUT2D eigenvalue weighted by molar-refractivity contribution is 5.80. The van der Waals surface area contributed by atoms with E-state index in [1.807, 2.05) is 0 Å². The molecule has 1 aromatic heterocycles. The third-order valence-electron chi connectivity index (χ3n) is 5.43. The van der Waals surface area contributed by atoms with Gasteiger partial charge >= 0.3 is 0 Å². The zero-order valence-electron chi connectivity index (χ0n) is 17.1. The Kier molecular flexibility index (Phi) is 5.51. The SMILES string of the molecule is CCN(c1cccc(C)c1)c1ncnc(N2CCN(c3ccccc3)CC2)c1N. The maximum Gasteiger partial charge on any atom is 0.161 e. The molecule has 0 bridgehead atoms. The van der Waals surface area contributed by atoms with Crippen LogP contribution in [-0.2, 0) is 0 Å². The number of rotatable bonds is 5. The van der Waals surface area contributed by atoms with Crippen LogP contribution in [0.25, 0.3) is 0 Å². The lowest BCUT2D eigenvalue weighted by Gasteiger charge is -2.37. The molecule has 29 heavy (non-hydrogen) atoms. The van der Waals surface area contributed by atoms with E-state index in [-0.39, 0.29) is 0 Å². The third kappa shape index (κ3) is 3.97. The van der Waals surface area contributed by atoms with Gasteiger partial charge in [-0.15, -0.1) is 0 Å². The lowest BCUT2D eigenvalue weighted by atomic mass is 10.2. The average molecular weight is 389 g/mol. The first kappa shape index (κ1) is 19.1. The molecule has 0 amide bonds. The molecule has 2 aromatic carbocycles. The van der Waals surface area contributed by atoms with E-state index in [4.69, 9.17) is 5.73 Å². The van der Waals surface area contributed by atoms with Crippen LogP contribution in [0.2, 0.25) is 0 Å². The number of aromatic nitrogens is 2. The van der Waals surface area contributed by atoms with E-state index in [1.165, 1.54) is 11.3 Å². The second-order valence-electron chi connectivity index (χ2n) is 7.33. The number of hydrogen-bond acceptors (Lipinski definition) is 6. The van der Waals surface area contributed by atoms with E-state index in [9.17, 15) is 0 Å². The molecule has 1 aliphatic heterocycles. The zero-order chi connectivity index (χ0) is 20.2. The van der Waals surface area contributed by atoms with Crippen LogP contribution >= 0.6 is 0 Å². The Hall–Kier alpha value is -3.28. The second-order valence-corrected chi connectivity index (χ2v) is 7.33. The van der Waals surface area contributed by atoms with Crippen molar-refractivity contribution < 1.29 is 0 Å². The summed E-state index contributed by atoms with van der Waals surface area (Å²) in [5.74, 6) is 1.60. The van der Waals surface area contributed by atoms with Crippen LogP contribution in [0.4, 0.5) is 28.7 Å². The summed E-state index contributed by atoms with van der Waals surface area (Å²) in [6, 6.07) is 19.0. The average Bonchev–Trinajstić information content (AvgIpc) is 2.76. The van der Waals surface area contributed by atoms with E-state index < -0.39 is 0 Å². The first-order valence-corrected chi connectivity index (χ1v) is 10.2. The van der Waals surface area contributed by atoms with E-state index in [2.05, 4.69) is 93.1 Å². The number of nitrogens with zero attached hydrogens (tertiary/aromatic N) is 5. The molecule has 0 aliphatic carbocycles. The van der Waals surface area contributed by atoms with E-state index in [0.29, 0.717) is 5.69 Å². The Morgan fingerprint density at radius 3 is 2.34 bits per heavy atom. The Morgan fingerprint density at radius 2 is 1.66 bits per heavy atom. The minimum Gasteiger partial charge on any atom is -0.393 e. The standard InChI is InChI=1S/C23H28N6/c1-3-29(20-11-7-8-18(2)16-20)23-21(24)22(25-17-26-23)28-14-12-27(13-15-28)19-9-5-4-6-10-19/h4-11,16-17H,3,12-15,24H2,1-2H3. The molecule has 0 unspecified atom stereocenters. The molecule has 2 heterocycles. The summed E-state index contributed by atoms with van der Waals surface area (Å²) in [6.07, 6.45) is 1.63. The fourth-order valence-corrected chi connectivity index (χ4v) is 3.91. The van der Waals surface area contributed by atoms with E-state index in [0.717, 1.165) is 50.0 Å². The monoisotopic (exact) mass is 388 g/mol. The molecule has 0 atom stereocenters. The predicted molar refractivity (Wildman–Crippen MR) is 121 cm³/mol. The Balaban J connectivity index is 1.55. The smallest absolute Gasteiger partial charge is 0.161 e. The molecule has 0 radical (unpaired) electrons. The summed E-state index contributed by atoms with van der Waals surface area (Å²) in [5, 5.41) is 0. The Labute approximate surface area is 172 Å². The van der Waals surface area contributed by atoms with Crippen LogP contribution < -0.4 is 20.4 Å². The van der Waals surface area contributed by atoms with Gasteiger partial charge in [0, 0.05) is 44.1 Å². The van der Waals surface area contributed by atoms with Crippen molar-refractivity contribution in [3.05, 3.63) is 66.5 Å². The van der Waals surface area contributed by atoms with Gasteiger partial charge in [-0.05, 0) is 43.7 Å². The third-order valence-corrected chi connectivity index (χ3v) is 5.43. The number of anilines is 5. The summed E-state index contributed by atoms with van der Waals surface area (Å²) >= 11 is 0. The molecule has 3 aromatic rings. The number of piperazine rings is 1. The first-order valence-electron chi connectivity index (χ1n) is 10.2. The predicted octanol–water partition coefficient (Wildman–Crippen LogP) is 3.85. The van der Waals surface area contributed by atoms with Gasteiger partial charge < -0.3 is 20.4 Å². The largest absolute Gasteiger partial charge is 0.393 e. The van der Waals surface area contributed by atoms with Crippen molar-refractivity contribution in [2.24, 2.45) is 0 Å². The highest BCUT2D eigenvalue weighted by Crippen LogP contribution is 2.34. The van der Waals surface area contributed by atoms with Crippen LogP contribution in [-0.4, -0.2) is 42.7 Å². The fraction of sp³-hybridized carbons (Fsp3) is 0.304. The van der Waals surface area contributed by atoms with Crippen LogP contribution in [0.5, 0.6) is 0 Å². The molecule has 150 valence electrons. The van der Waals surface area contributed by atoms with Crippen molar-refractivity contribution in [2.75, 3.05) is 53.2 Å². The molecule has 0 spiro atoms. The number of hydrogen-bond donors (Lipinski definition) is 1. The molecule has 1 aliphatic rings. The lowest BCUT2D eigenvalue weighted by molar-refractivity contribution is 0.647. The normalized spacial score (nSPS) is 14.1. The van der Waals surface area contributed by atoms with Gasteiger partial charge in [0.25, 0.3) is 0 Å². The summed E-state index contributed by atoms with van der Waals surface area (Å²) in [5.41, 5.74) is 10.8. The molecule has 1 fully saturated rings. The van der Waals surface area contributed by atoms with Gasteiger partial charge in [0.1, 0.15) is 12.0 Å². The maximum atomic E-state index is 6.59. The summed E-state index contributed by atoms with van der Waals surface area (Å²) in [7, 11) is 0. The van der Waals surface area contributed by atoms with Gasteiger partial charge in [-0.25, -0.2) is 9.97 Å². The minimum absolute atomic E-state index is 0.643. The van der Waals surface area contributed by atoms with E-state index in [1.54, 1.807) is 6.33 Å². The quantitative estimate of drug-likeness (QED) is 0.716. The van der Waals surface area contributed by atoms with Crippen LogP contribution in [0.1, 0.15) is 12.5 Å². The van der Waals surface area contributed by atoms with Gasteiger partial charge in [-0.1, -0.05) is 30.3 Å². The van der Waals surface area contributed by atoms with Crippen molar-refractivity contribution in [1.82, 2.24) is 9.97 Å². The lowest BCUT2D eigenvalue weighted by Crippen LogP contribution is -2.47. The van der Waals surface area contributed by atoms with Crippen molar-refractivity contribution in [3.8, 4) is 0 Å². The van der Waals surface area contributed by atoms with Gasteiger partial charge in [0.15, 0.2) is 11.6 Å². The highest BCUT2D eigenvalue weighted by Gasteiger charge is 2.23. The number of para-hydroxylation sites is 1. The Bertz CT molecular complexity index is 951. The molecule has 1 saturated heterocycles. The summed E-state index contributed by atoms with van der Waals surface area (Å²) < 4.78 is 0. The molecular formula is C23H28N6. The molecule has 6 heteroatoms. The highest BCUT2D eigenvalue weighted by atomic mass is 15.3. The van der Waals surface area contributed by atoms with Crippen molar-refractivity contribution in [1.29, 1.82) is 0 Å². The number of nitrogen functional groups attached to an aromatic ring is 1. The second kappa shape index (κ2) is 8.39. The number of benzene rings is 2. The van der Waals surface area contributed by atoms with Gasteiger partial charge in [-0.3, -0.25) is 0 Å². The topological polar surface area (TPSA) is 61.5 Å². The summed E-state index contributed by atoms with van der Waals surface area (Å²) in [4.78, 5) is 15.9. The molecule has 6 nitrogen and oxygen atoms in total. The fourth-order valence-electron chi connectivity index (χ4n) is 3.91. The van der Waals surface area contributed by atoms with Crippen LogP contribution in [0.15, 0.2) is 60.9 Å². The van der Waals surface area contributed by atoms with Crippen molar-refractivity contribution in [3.63, 3.8) is 0 Å². The van der Waals surface area contributed by atoms with Crippen LogP contribution in [0, 0.1) is 6.92 Å². The van der Waals surface area contributed by atoms with Gasteiger partial charge in [0.05, 0.1) is 0 Å². The number of aryl methyl sites for hydroxylation is 1. The van der Waals surface area contributed by atoms with Crippen LogP contribution in [0.3, 0.4) is 0 Å². The molecule has 2 N–H and O–H groups in total. The Morgan fingerprint density at radius 1 is 0.931 bits per heavy atom. The van der Waals surface area contributed by atoms with Gasteiger partial charge in [0.2, 0.25) is 0 Å². The zero-order valence-corrected chi connectivity index (χ0v) is 17.1. The van der Waals surface area contributed by atoms with Gasteiger partial charge in [-0.2, -0.15) is 0 Å². The molecular weight excluding hydrogens is 360 g/mol. The minimum atomic E-state index is 0.643. The summed E-state index contributed by atoms with van der Waals surface area (Å²) in [6.45, 7) is 8.64. The molecule has 4 rings (SSSR count).